The molecular formula is C27H47NO9S2. The predicted octanol–water partition coefficient (Wildman–Crippen LogP) is 4.36. The second kappa shape index (κ2) is 11.8. The lowest BCUT2D eigenvalue weighted by Crippen LogP contribution is -2.58. The third kappa shape index (κ3) is 6.74. The highest BCUT2D eigenvalue weighted by Crippen LogP contribution is 2.43. The minimum absolute atomic E-state index is 0.0463. The summed E-state index contributed by atoms with van der Waals surface area (Å²) in [4.78, 5) is 28.1. The molecule has 2 saturated heterocycles. The molecule has 0 spiro atoms. The molecule has 3 fully saturated rings. The Morgan fingerprint density at radius 3 is 2.05 bits per heavy atom. The molecule has 1 amide bonds. The molecule has 0 aromatic heterocycles. The van der Waals surface area contributed by atoms with Gasteiger partial charge in [-0.05, 0) is 79.6 Å². The fourth-order valence-electron chi connectivity index (χ4n) is 6.39. The number of esters is 1. The number of carbonyl (C=O) groups is 2. The maximum Gasteiger partial charge on any atom is 0.412 e. The van der Waals surface area contributed by atoms with Crippen molar-refractivity contribution in [2.75, 3.05) is 18.1 Å². The van der Waals surface area contributed by atoms with Crippen molar-refractivity contribution in [3.63, 3.8) is 0 Å². The number of hydrogen-bond donors (Lipinski definition) is 0. The molecule has 0 bridgehead atoms. The van der Waals surface area contributed by atoms with Gasteiger partial charge in [-0.1, -0.05) is 32.1 Å². The standard InChI is InChI=1S/C27H47NO9S2/c1-7-35-23(29)27(38(31,32)18-11-19-39(27,33)34)17-16-22-21(15-14-20-12-9-8-10-13-20)28(26(5,6)36-22)24(30)37-25(2,3)4/h20-22H,7-19H2,1-6H3/t21-,22-/m0/s1. The minimum Gasteiger partial charge on any atom is -0.464 e. The van der Waals surface area contributed by atoms with Crippen LogP contribution in [0.25, 0.3) is 0 Å². The molecule has 39 heavy (non-hydrogen) atoms. The maximum absolute atomic E-state index is 13.4. The zero-order valence-electron chi connectivity index (χ0n) is 24.4. The number of hydrogen-bond acceptors (Lipinski definition) is 9. The van der Waals surface area contributed by atoms with Gasteiger partial charge in [0.05, 0.1) is 30.3 Å². The van der Waals surface area contributed by atoms with Gasteiger partial charge in [0.15, 0.2) is 19.7 Å². The summed E-state index contributed by atoms with van der Waals surface area (Å²) >= 11 is 0. The molecule has 1 saturated carbocycles. The largest absolute Gasteiger partial charge is 0.464 e. The number of ether oxygens (including phenoxy) is 3. The maximum atomic E-state index is 13.4. The van der Waals surface area contributed by atoms with Crippen LogP contribution in [0.2, 0.25) is 0 Å². The Kier molecular flexibility index (Phi) is 9.75. The Labute approximate surface area is 234 Å². The molecule has 0 aromatic carbocycles. The Morgan fingerprint density at radius 1 is 0.923 bits per heavy atom. The minimum atomic E-state index is -4.36. The molecule has 3 aliphatic rings. The lowest BCUT2D eigenvalue weighted by atomic mass is 9.84. The van der Waals surface area contributed by atoms with E-state index in [9.17, 15) is 26.4 Å². The zero-order chi connectivity index (χ0) is 29.3. The van der Waals surface area contributed by atoms with E-state index >= 15 is 0 Å². The summed E-state index contributed by atoms with van der Waals surface area (Å²) in [6.45, 7) is 10.2. The van der Waals surface area contributed by atoms with Gasteiger partial charge in [0.1, 0.15) is 11.3 Å². The fraction of sp³-hybridized carbons (Fsp3) is 0.926. The van der Waals surface area contributed by atoms with Gasteiger partial charge in [-0.3, -0.25) is 4.90 Å². The van der Waals surface area contributed by atoms with E-state index in [2.05, 4.69) is 0 Å². The zero-order valence-corrected chi connectivity index (χ0v) is 26.0. The third-order valence-electron chi connectivity index (χ3n) is 8.14. The van der Waals surface area contributed by atoms with Gasteiger partial charge in [0, 0.05) is 0 Å². The van der Waals surface area contributed by atoms with Crippen molar-refractivity contribution < 1.29 is 40.6 Å². The van der Waals surface area contributed by atoms with Gasteiger partial charge >= 0.3 is 12.1 Å². The number of amides is 1. The molecule has 0 N–H and O–H groups in total. The van der Waals surface area contributed by atoms with Gasteiger partial charge in [-0.25, -0.2) is 26.4 Å². The first-order chi connectivity index (χ1) is 18.0. The van der Waals surface area contributed by atoms with Crippen LogP contribution in [0.4, 0.5) is 4.79 Å². The van der Waals surface area contributed by atoms with E-state index in [1.54, 1.807) is 39.5 Å². The highest BCUT2D eigenvalue weighted by Gasteiger charge is 2.64. The molecule has 12 heteroatoms. The SMILES string of the molecule is CCOC(=O)C1(CC[C@@H]2OC(C)(C)N(C(=O)OC(C)(C)C)[C@H]2CCC2CCCCC2)S(=O)(=O)CCCS1(=O)=O. The summed E-state index contributed by atoms with van der Waals surface area (Å²) in [5.74, 6) is -1.53. The summed E-state index contributed by atoms with van der Waals surface area (Å²) in [7, 11) is -8.72. The Morgan fingerprint density at radius 2 is 1.51 bits per heavy atom. The van der Waals surface area contributed by atoms with Crippen LogP contribution in [-0.2, 0) is 38.7 Å². The van der Waals surface area contributed by atoms with Crippen LogP contribution in [-0.4, -0.2) is 79.5 Å². The topological polar surface area (TPSA) is 133 Å². The number of rotatable bonds is 8. The second-order valence-corrected chi connectivity index (χ2v) is 17.5. The van der Waals surface area contributed by atoms with Crippen molar-refractivity contribution >= 4 is 31.7 Å². The summed E-state index contributed by atoms with van der Waals surface area (Å²) in [5, 5.41) is 0. The van der Waals surface area contributed by atoms with Crippen molar-refractivity contribution in [3.8, 4) is 0 Å². The first-order valence-corrected chi connectivity index (χ1v) is 17.6. The highest BCUT2D eigenvalue weighted by atomic mass is 32.3. The van der Waals surface area contributed by atoms with Crippen molar-refractivity contribution in [1.29, 1.82) is 0 Å². The first-order valence-electron chi connectivity index (χ1n) is 14.3. The molecule has 0 unspecified atom stereocenters. The van der Waals surface area contributed by atoms with Crippen LogP contribution in [0.5, 0.6) is 0 Å². The summed E-state index contributed by atoms with van der Waals surface area (Å²) in [6.07, 6.45) is 5.46. The van der Waals surface area contributed by atoms with Crippen LogP contribution in [0.3, 0.4) is 0 Å². The van der Waals surface area contributed by atoms with Crippen molar-refractivity contribution in [3.05, 3.63) is 0 Å². The molecule has 0 radical (unpaired) electrons. The number of sulfone groups is 2. The fourth-order valence-corrected chi connectivity index (χ4v) is 11.8. The van der Waals surface area contributed by atoms with Crippen LogP contribution < -0.4 is 0 Å². The molecule has 0 aromatic rings. The number of nitrogens with zero attached hydrogens (tertiary/aromatic N) is 1. The van der Waals surface area contributed by atoms with Gasteiger partial charge < -0.3 is 14.2 Å². The van der Waals surface area contributed by atoms with Crippen LogP contribution in [0.15, 0.2) is 0 Å². The Bertz CT molecular complexity index is 1070. The average Bonchev–Trinajstić information content (AvgIpc) is 3.06. The summed E-state index contributed by atoms with van der Waals surface area (Å²) in [5.41, 5.74) is -1.82. The van der Waals surface area contributed by atoms with Crippen LogP contribution >= 0.6 is 0 Å². The van der Waals surface area contributed by atoms with E-state index in [0.717, 1.165) is 19.3 Å². The molecule has 226 valence electrons. The van der Waals surface area contributed by atoms with Crippen LogP contribution in [0.1, 0.15) is 106 Å². The van der Waals surface area contributed by atoms with Gasteiger partial charge in [0.2, 0.25) is 0 Å². The van der Waals surface area contributed by atoms with Crippen LogP contribution in [0, 0.1) is 5.92 Å². The second-order valence-electron chi connectivity index (χ2n) is 12.6. The van der Waals surface area contributed by atoms with E-state index in [-0.39, 0.29) is 19.4 Å². The van der Waals surface area contributed by atoms with E-state index in [1.807, 2.05) is 0 Å². The Balaban J connectivity index is 1.95. The predicted molar refractivity (Wildman–Crippen MR) is 147 cm³/mol. The molecule has 2 aliphatic heterocycles. The molecule has 10 nitrogen and oxygen atoms in total. The normalized spacial score (nSPS) is 28.1. The summed E-state index contributed by atoms with van der Waals surface area (Å²) < 4.78 is 67.7. The van der Waals surface area contributed by atoms with E-state index in [0.29, 0.717) is 12.3 Å². The van der Waals surface area contributed by atoms with Crippen molar-refractivity contribution in [2.45, 2.75) is 133 Å². The molecule has 2 heterocycles. The van der Waals surface area contributed by atoms with E-state index < -0.39 is 77.2 Å². The van der Waals surface area contributed by atoms with Gasteiger partial charge in [0.25, 0.3) is 4.08 Å². The van der Waals surface area contributed by atoms with E-state index in [4.69, 9.17) is 14.2 Å². The monoisotopic (exact) mass is 593 g/mol. The quantitative estimate of drug-likeness (QED) is 0.376. The lowest BCUT2D eigenvalue weighted by molar-refractivity contribution is -0.144. The molecule has 3 rings (SSSR count). The summed E-state index contributed by atoms with van der Waals surface area (Å²) in [6, 6.07) is -0.468. The highest BCUT2D eigenvalue weighted by molar-refractivity contribution is 8.12. The smallest absolute Gasteiger partial charge is 0.412 e. The van der Waals surface area contributed by atoms with Gasteiger partial charge in [-0.15, -0.1) is 0 Å². The Hall–Kier alpha value is -1.40. The van der Waals surface area contributed by atoms with Crippen molar-refractivity contribution in [2.24, 2.45) is 5.92 Å². The average molecular weight is 594 g/mol. The molecular weight excluding hydrogens is 546 g/mol. The van der Waals surface area contributed by atoms with Gasteiger partial charge in [-0.2, -0.15) is 0 Å². The third-order valence-corrected chi connectivity index (χ3v) is 14.1. The van der Waals surface area contributed by atoms with Crippen molar-refractivity contribution in [1.82, 2.24) is 4.90 Å². The molecule has 2 atom stereocenters. The molecule has 1 aliphatic carbocycles. The first kappa shape index (κ1) is 32.1. The lowest BCUT2D eigenvalue weighted by Gasteiger charge is -2.36. The van der Waals surface area contributed by atoms with E-state index in [1.165, 1.54) is 26.2 Å². The number of carbonyl (C=O) groups excluding carboxylic acids is 2.